The Morgan fingerprint density at radius 3 is 2.30 bits per heavy atom. The summed E-state index contributed by atoms with van der Waals surface area (Å²) in [7, 11) is 3.38. The summed E-state index contributed by atoms with van der Waals surface area (Å²) in [5.41, 5.74) is 5.52. The molecule has 3 aromatic carbocycles. The summed E-state index contributed by atoms with van der Waals surface area (Å²) in [5, 5.41) is 14.6. The third-order valence-corrected chi connectivity index (χ3v) is 7.35. The van der Waals surface area contributed by atoms with E-state index in [9.17, 15) is 9.90 Å². The van der Waals surface area contributed by atoms with Gasteiger partial charge >= 0.3 is 0 Å². The van der Waals surface area contributed by atoms with Crippen LogP contribution in [0.15, 0.2) is 66.7 Å². The summed E-state index contributed by atoms with van der Waals surface area (Å²) in [5.74, 6) is 0.294. The van der Waals surface area contributed by atoms with Crippen molar-refractivity contribution < 1.29 is 9.90 Å². The number of anilines is 2. The summed E-state index contributed by atoms with van der Waals surface area (Å²) >= 11 is 7.39. The molecule has 0 atom stereocenters. The second-order valence-electron chi connectivity index (χ2n) is 9.06. The van der Waals surface area contributed by atoms with E-state index in [2.05, 4.69) is 64.5 Å². The van der Waals surface area contributed by atoms with Gasteiger partial charge < -0.3 is 25.1 Å². The number of phenolic OH excluding ortho intramolecular Hbond substituents is 1. The summed E-state index contributed by atoms with van der Waals surface area (Å²) < 4.78 is 1.22. The number of rotatable bonds is 4. The zero-order valence-corrected chi connectivity index (χ0v) is 22.9. The fourth-order valence-corrected chi connectivity index (χ4v) is 5.25. The van der Waals surface area contributed by atoms with Crippen LogP contribution in [0, 0.1) is 6.92 Å². The molecular weight excluding hydrogens is 502 g/mol. The van der Waals surface area contributed by atoms with E-state index >= 15 is 0 Å². The number of phenols is 1. The van der Waals surface area contributed by atoms with E-state index in [0.717, 1.165) is 65.2 Å². The Morgan fingerprint density at radius 1 is 1.03 bits per heavy atom. The quantitative estimate of drug-likeness (QED) is 0.276. The van der Waals surface area contributed by atoms with Gasteiger partial charge in [-0.2, -0.15) is 0 Å². The second-order valence-corrected chi connectivity index (χ2v) is 10.5. The summed E-state index contributed by atoms with van der Waals surface area (Å²) in [6.07, 6.45) is 0.750. The zero-order chi connectivity index (χ0) is 26.4. The molecule has 0 aliphatic carbocycles. The van der Waals surface area contributed by atoms with Gasteiger partial charge in [0.15, 0.2) is 5.11 Å². The van der Waals surface area contributed by atoms with Crippen LogP contribution in [-0.2, 0) is 4.79 Å². The topological polar surface area (TPSA) is 71.9 Å². The Bertz CT molecular complexity index is 1350. The Labute approximate surface area is 227 Å². The molecule has 1 aromatic heterocycles. The fourth-order valence-electron chi connectivity index (χ4n) is 3.89. The number of carbonyl (C=O) groups is 1. The van der Waals surface area contributed by atoms with E-state index in [1.807, 2.05) is 12.1 Å². The van der Waals surface area contributed by atoms with E-state index in [-0.39, 0.29) is 0 Å². The number of nitrogens with zero attached hydrogens (tertiary/aromatic N) is 4. The van der Waals surface area contributed by atoms with Gasteiger partial charge in [0.1, 0.15) is 10.8 Å². The number of hydrogen-bond donors (Lipinski definition) is 2. The summed E-state index contributed by atoms with van der Waals surface area (Å²) in [6, 6.07) is 22.1. The first-order chi connectivity index (χ1) is 17.8. The largest absolute Gasteiger partial charge is 0.508 e. The van der Waals surface area contributed by atoms with Crippen molar-refractivity contribution in [1.82, 2.24) is 14.8 Å². The molecule has 0 radical (unpaired) electrons. The van der Waals surface area contributed by atoms with Crippen LogP contribution in [0.2, 0.25) is 0 Å². The summed E-state index contributed by atoms with van der Waals surface area (Å²) in [6.45, 7) is 5.60. The number of fused-ring (bicyclic) bond motifs is 1. The van der Waals surface area contributed by atoms with Crippen LogP contribution in [-0.4, -0.2) is 71.7 Å². The number of piperazine rings is 1. The molecule has 0 spiro atoms. The molecule has 7 nitrogen and oxygen atoms in total. The van der Waals surface area contributed by atoms with Gasteiger partial charge in [-0.1, -0.05) is 6.07 Å². The number of aromatic nitrogens is 1. The van der Waals surface area contributed by atoms with E-state index < -0.39 is 0 Å². The number of nitrogens with one attached hydrogen (secondary N) is 1. The van der Waals surface area contributed by atoms with E-state index in [1.54, 1.807) is 37.6 Å². The van der Waals surface area contributed by atoms with Crippen molar-refractivity contribution in [2.24, 2.45) is 0 Å². The van der Waals surface area contributed by atoms with Crippen molar-refractivity contribution in [2.75, 3.05) is 50.5 Å². The number of aryl methyl sites for hydroxylation is 1. The average Bonchev–Trinajstić information content (AvgIpc) is 3.33. The molecular formula is C28H31N5O2S2. The van der Waals surface area contributed by atoms with Crippen molar-refractivity contribution in [2.45, 2.75) is 6.92 Å². The molecule has 2 heterocycles. The van der Waals surface area contributed by atoms with Crippen molar-refractivity contribution >= 4 is 56.7 Å². The highest BCUT2D eigenvalue weighted by atomic mass is 32.1. The lowest BCUT2D eigenvalue weighted by atomic mass is 10.2. The van der Waals surface area contributed by atoms with Crippen LogP contribution in [0.5, 0.6) is 5.75 Å². The van der Waals surface area contributed by atoms with E-state index in [1.165, 1.54) is 15.2 Å². The van der Waals surface area contributed by atoms with Gasteiger partial charge in [0, 0.05) is 57.2 Å². The highest BCUT2D eigenvalue weighted by Crippen LogP contribution is 2.31. The number of thiazole rings is 1. The lowest BCUT2D eigenvalue weighted by Crippen LogP contribution is -2.50. The standard InChI is InChI=1S/C25H24N4OS2.C3H7NO/c1-17-2-11-22-23(16-17)32-24(27-22)18-3-5-19(6-4-18)26-25(31)29-14-12-28(13-15-29)20-7-9-21(30)10-8-20;1-4(2)3-5/h2-11,16,30H,12-15H2,1H3,(H,26,31);3H,1-2H3. The lowest BCUT2D eigenvalue weighted by molar-refractivity contribution is -0.115. The molecule has 0 saturated carbocycles. The van der Waals surface area contributed by atoms with Crippen molar-refractivity contribution in [3.63, 3.8) is 0 Å². The number of amides is 1. The number of thiocarbonyl (C=S) groups is 1. The minimum atomic E-state index is 0.294. The number of benzene rings is 3. The van der Waals surface area contributed by atoms with Crippen LogP contribution in [0.1, 0.15) is 5.56 Å². The van der Waals surface area contributed by atoms with E-state index in [0.29, 0.717) is 5.75 Å². The third-order valence-electron chi connectivity index (χ3n) is 5.92. The maximum absolute atomic E-state index is 9.48. The third kappa shape index (κ3) is 6.96. The fraction of sp³-hybridized carbons (Fsp3) is 0.250. The minimum absolute atomic E-state index is 0.294. The van der Waals surface area contributed by atoms with Crippen molar-refractivity contribution in [3.8, 4) is 16.3 Å². The molecule has 2 N–H and O–H groups in total. The highest BCUT2D eigenvalue weighted by Gasteiger charge is 2.19. The van der Waals surface area contributed by atoms with Crippen molar-refractivity contribution in [1.29, 1.82) is 0 Å². The molecule has 1 amide bonds. The van der Waals surface area contributed by atoms with Gasteiger partial charge in [-0.25, -0.2) is 4.98 Å². The first kappa shape index (κ1) is 26.4. The predicted molar refractivity (Wildman–Crippen MR) is 158 cm³/mol. The van der Waals surface area contributed by atoms with Gasteiger partial charge in [0.05, 0.1) is 10.2 Å². The van der Waals surface area contributed by atoms with Crippen molar-refractivity contribution in [3.05, 3.63) is 72.3 Å². The maximum Gasteiger partial charge on any atom is 0.209 e. The van der Waals surface area contributed by atoms with Crippen LogP contribution in [0.25, 0.3) is 20.8 Å². The zero-order valence-electron chi connectivity index (χ0n) is 21.2. The first-order valence-electron chi connectivity index (χ1n) is 12.0. The number of carbonyl (C=O) groups excluding carboxylic acids is 1. The van der Waals surface area contributed by atoms with Crippen LogP contribution >= 0.6 is 23.6 Å². The Kier molecular flexibility index (Phi) is 8.58. The van der Waals surface area contributed by atoms with Gasteiger partial charge in [-0.05, 0) is 85.4 Å². The molecule has 9 heteroatoms. The molecule has 1 fully saturated rings. The second kappa shape index (κ2) is 12.0. The average molecular weight is 534 g/mol. The number of hydrogen-bond acceptors (Lipinski definition) is 6. The normalized spacial score (nSPS) is 13.1. The maximum atomic E-state index is 9.48. The predicted octanol–water partition coefficient (Wildman–Crippen LogP) is 5.20. The minimum Gasteiger partial charge on any atom is -0.508 e. The Morgan fingerprint density at radius 2 is 1.68 bits per heavy atom. The van der Waals surface area contributed by atoms with Gasteiger partial charge in [-0.15, -0.1) is 11.3 Å². The molecule has 192 valence electrons. The SMILES string of the molecule is CN(C)C=O.Cc1ccc2nc(-c3ccc(NC(=S)N4CCN(c5ccc(O)cc5)CC4)cc3)sc2c1. The molecule has 1 aliphatic heterocycles. The van der Waals surface area contributed by atoms with Gasteiger partial charge in [-0.3, -0.25) is 4.79 Å². The molecule has 0 bridgehead atoms. The van der Waals surface area contributed by atoms with Gasteiger partial charge in [0.25, 0.3) is 0 Å². The molecule has 0 unspecified atom stereocenters. The molecule has 4 aromatic rings. The Balaban J connectivity index is 0.000000586. The first-order valence-corrected chi connectivity index (χ1v) is 13.2. The van der Waals surface area contributed by atoms with Gasteiger partial charge in [0.2, 0.25) is 6.41 Å². The van der Waals surface area contributed by atoms with E-state index in [4.69, 9.17) is 17.2 Å². The Hall–Kier alpha value is -3.69. The molecule has 5 rings (SSSR count). The van der Waals surface area contributed by atoms with Crippen LogP contribution in [0.4, 0.5) is 11.4 Å². The lowest BCUT2D eigenvalue weighted by Gasteiger charge is -2.37. The number of aromatic hydroxyl groups is 1. The summed E-state index contributed by atoms with van der Waals surface area (Å²) in [4.78, 5) is 20.2. The molecule has 37 heavy (non-hydrogen) atoms. The monoisotopic (exact) mass is 533 g/mol. The smallest absolute Gasteiger partial charge is 0.209 e. The highest BCUT2D eigenvalue weighted by molar-refractivity contribution is 7.80. The van der Waals surface area contributed by atoms with Crippen LogP contribution < -0.4 is 10.2 Å². The van der Waals surface area contributed by atoms with Crippen LogP contribution in [0.3, 0.4) is 0 Å². The molecule has 1 saturated heterocycles. The molecule has 1 aliphatic rings.